The number of rotatable bonds is 4. The second-order valence-electron chi connectivity index (χ2n) is 5.27. The van der Waals surface area contributed by atoms with Crippen molar-refractivity contribution in [3.63, 3.8) is 0 Å². The summed E-state index contributed by atoms with van der Waals surface area (Å²) in [5.41, 5.74) is 5.94. The normalized spacial score (nSPS) is 17.5. The fourth-order valence-electron chi connectivity index (χ4n) is 2.41. The van der Waals surface area contributed by atoms with Crippen LogP contribution in [0.25, 0.3) is 0 Å². The van der Waals surface area contributed by atoms with Gasteiger partial charge in [0, 0.05) is 13.2 Å². The van der Waals surface area contributed by atoms with Gasteiger partial charge in [-0.05, 0) is 12.8 Å². The van der Waals surface area contributed by atoms with Crippen LogP contribution in [0.15, 0.2) is 12.4 Å². The second-order valence-corrected chi connectivity index (χ2v) is 5.27. The van der Waals surface area contributed by atoms with Crippen LogP contribution >= 0.6 is 0 Å². The smallest absolute Gasteiger partial charge is 0.244 e. The third kappa shape index (κ3) is 3.36. The Morgan fingerprint density at radius 1 is 1.40 bits per heavy atom. The number of anilines is 1. The largest absolute Gasteiger partial charge is 0.358 e. The highest BCUT2D eigenvalue weighted by atomic mass is 16.2. The predicted molar refractivity (Wildman–Crippen MR) is 74.9 cm³/mol. The lowest BCUT2D eigenvalue weighted by molar-refractivity contribution is -0.122. The van der Waals surface area contributed by atoms with Crippen molar-refractivity contribution in [2.24, 2.45) is 5.73 Å². The number of nitrogens with zero attached hydrogens (tertiary/aromatic N) is 2. The van der Waals surface area contributed by atoms with Crippen LogP contribution in [0.2, 0.25) is 0 Å². The van der Waals surface area contributed by atoms with Gasteiger partial charge in [0.05, 0.1) is 17.4 Å². The summed E-state index contributed by atoms with van der Waals surface area (Å²) in [7, 11) is 1.57. The molecule has 7 nitrogen and oxygen atoms in total. The van der Waals surface area contributed by atoms with E-state index in [-0.39, 0.29) is 18.4 Å². The maximum Gasteiger partial charge on any atom is 0.244 e. The monoisotopic (exact) mass is 279 g/mol. The fourth-order valence-corrected chi connectivity index (χ4v) is 2.41. The van der Waals surface area contributed by atoms with Gasteiger partial charge < -0.3 is 16.4 Å². The zero-order valence-electron chi connectivity index (χ0n) is 11.7. The van der Waals surface area contributed by atoms with Crippen molar-refractivity contribution in [3.05, 3.63) is 12.4 Å². The molecule has 110 valence electrons. The van der Waals surface area contributed by atoms with Gasteiger partial charge >= 0.3 is 0 Å². The number of carbonyl (C=O) groups is 2. The Morgan fingerprint density at radius 2 is 2.10 bits per heavy atom. The first kappa shape index (κ1) is 14.5. The summed E-state index contributed by atoms with van der Waals surface area (Å²) in [6.45, 7) is 0.125. The van der Waals surface area contributed by atoms with Crippen molar-refractivity contribution in [1.82, 2.24) is 15.1 Å². The van der Waals surface area contributed by atoms with E-state index in [9.17, 15) is 9.59 Å². The first-order valence-corrected chi connectivity index (χ1v) is 6.87. The third-order valence-corrected chi connectivity index (χ3v) is 3.67. The maximum atomic E-state index is 12.2. The van der Waals surface area contributed by atoms with Crippen molar-refractivity contribution < 1.29 is 9.59 Å². The molecule has 1 heterocycles. The van der Waals surface area contributed by atoms with E-state index in [1.165, 1.54) is 10.9 Å². The Labute approximate surface area is 117 Å². The molecule has 0 saturated heterocycles. The van der Waals surface area contributed by atoms with Crippen LogP contribution in [0.3, 0.4) is 0 Å². The SMILES string of the molecule is CNC(=O)Cn1cc(NC(=O)C2(N)CCCCC2)cn1. The molecule has 1 aromatic rings. The van der Waals surface area contributed by atoms with Crippen LogP contribution in [0.1, 0.15) is 32.1 Å². The van der Waals surface area contributed by atoms with Crippen LogP contribution in [0.4, 0.5) is 5.69 Å². The molecular weight excluding hydrogens is 258 g/mol. The van der Waals surface area contributed by atoms with E-state index < -0.39 is 5.54 Å². The number of hydrogen-bond acceptors (Lipinski definition) is 4. The number of nitrogens with two attached hydrogens (primary N) is 1. The molecule has 0 radical (unpaired) electrons. The zero-order chi connectivity index (χ0) is 14.6. The Morgan fingerprint density at radius 3 is 2.75 bits per heavy atom. The lowest BCUT2D eigenvalue weighted by Gasteiger charge is -2.31. The first-order chi connectivity index (χ1) is 9.53. The molecule has 1 aromatic heterocycles. The molecule has 1 aliphatic carbocycles. The molecule has 0 spiro atoms. The fraction of sp³-hybridized carbons (Fsp3) is 0.615. The van der Waals surface area contributed by atoms with Gasteiger partial charge in [0.15, 0.2) is 0 Å². The van der Waals surface area contributed by atoms with Crippen molar-refractivity contribution in [1.29, 1.82) is 0 Å². The summed E-state index contributed by atoms with van der Waals surface area (Å²) in [5, 5.41) is 9.32. The Bertz CT molecular complexity index is 491. The van der Waals surface area contributed by atoms with Gasteiger partial charge in [-0.15, -0.1) is 0 Å². The molecule has 2 rings (SSSR count). The zero-order valence-corrected chi connectivity index (χ0v) is 11.7. The second kappa shape index (κ2) is 6.04. The van der Waals surface area contributed by atoms with Gasteiger partial charge in [-0.25, -0.2) is 0 Å². The van der Waals surface area contributed by atoms with Crippen molar-refractivity contribution in [3.8, 4) is 0 Å². The number of amides is 2. The van der Waals surface area contributed by atoms with E-state index >= 15 is 0 Å². The van der Waals surface area contributed by atoms with Crippen molar-refractivity contribution >= 4 is 17.5 Å². The summed E-state index contributed by atoms with van der Waals surface area (Å²) in [6, 6.07) is 0. The van der Waals surface area contributed by atoms with Gasteiger partial charge in [-0.2, -0.15) is 5.10 Å². The maximum absolute atomic E-state index is 12.2. The highest BCUT2D eigenvalue weighted by molar-refractivity contribution is 5.97. The van der Waals surface area contributed by atoms with E-state index in [0.717, 1.165) is 19.3 Å². The molecule has 0 bridgehead atoms. The molecule has 4 N–H and O–H groups in total. The van der Waals surface area contributed by atoms with Crippen molar-refractivity contribution in [2.75, 3.05) is 12.4 Å². The molecule has 0 atom stereocenters. The molecule has 7 heteroatoms. The van der Waals surface area contributed by atoms with Gasteiger partial charge in [0.25, 0.3) is 0 Å². The van der Waals surface area contributed by atoms with Crippen LogP contribution in [-0.4, -0.2) is 34.2 Å². The number of nitrogens with one attached hydrogen (secondary N) is 2. The molecule has 0 unspecified atom stereocenters. The highest BCUT2D eigenvalue weighted by Crippen LogP contribution is 2.27. The van der Waals surface area contributed by atoms with E-state index in [2.05, 4.69) is 15.7 Å². The molecule has 0 aromatic carbocycles. The molecule has 1 aliphatic rings. The van der Waals surface area contributed by atoms with Crippen LogP contribution < -0.4 is 16.4 Å². The van der Waals surface area contributed by atoms with Crippen LogP contribution in [-0.2, 0) is 16.1 Å². The Balaban J connectivity index is 1.96. The molecule has 1 saturated carbocycles. The average Bonchev–Trinajstić information content (AvgIpc) is 2.86. The standard InChI is InChI=1S/C13H21N5O2/c1-15-11(19)9-18-8-10(7-16-18)17-12(20)13(14)5-3-2-4-6-13/h7-8H,2-6,9,14H2,1H3,(H,15,19)(H,17,20). The predicted octanol–water partition coefficient (Wildman–Crippen LogP) is 0.229. The average molecular weight is 279 g/mol. The summed E-state index contributed by atoms with van der Waals surface area (Å²) >= 11 is 0. The summed E-state index contributed by atoms with van der Waals surface area (Å²) in [4.78, 5) is 23.5. The lowest BCUT2D eigenvalue weighted by Crippen LogP contribution is -2.52. The molecule has 2 amide bonds. The minimum Gasteiger partial charge on any atom is -0.358 e. The van der Waals surface area contributed by atoms with Crippen LogP contribution in [0, 0.1) is 0 Å². The summed E-state index contributed by atoms with van der Waals surface area (Å²) in [6.07, 6.45) is 7.68. The Hall–Kier alpha value is -1.89. The van der Waals surface area contributed by atoms with Gasteiger partial charge in [0.2, 0.25) is 11.8 Å². The van der Waals surface area contributed by atoms with E-state index in [1.807, 2.05) is 0 Å². The highest BCUT2D eigenvalue weighted by Gasteiger charge is 2.35. The van der Waals surface area contributed by atoms with Gasteiger partial charge in [-0.3, -0.25) is 14.3 Å². The number of aromatic nitrogens is 2. The summed E-state index contributed by atoms with van der Waals surface area (Å²) < 4.78 is 1.47. The third-order valence-electron chi connectivity index (χ3n) is 3.67. The van der Waals surface area contributed by atoms with E-state index in [1.54, 1.807) is 13.2 Å². The number of likely N-dealkylation sites (N-methyl/N-ethyl adjacent to an activating group) is 1. The quantitative estimate of drug-likeness (QED) is 0.734. The first-order valence-electron chi connectivity index (χ1n) is 6.87. The van der Waals surface area contributed by atoms with Crippen LogP contribution in [0.5, 0.6) is 0 Å². The number of hydrogen-bond donors (Lipinski definition) is 3. The molecule has 20 heavy (non-hydrogen) atoms. The van der Waals surface area contributed by atoms with Gasteiger partial charge in [-0.1, -0.05) is 19.3 Å². The lowest BCUT2D eigenvalue weighted by atomic mass is 9.82. The minimum absolute atomic E-state index is 0.125. The molecule has 0 aliphatic heterocycles. The minimum atomic E-state index is -0.777. The van der Waals surface area contributed by atoms with Gasteiger partial charge in [0.1, 0.15) is 6.54 Å². The topological polar surface area (TPSA) is 102 Å². The van der Waals surface area contributed by atoms with E-state index in [4.69, 9.17) is 5.73 Å². The number of carbonyl (C=O) groups excluding carboxylic acids is 2. The molecule has 1 fully saturated rings. The molecular formula is C13H21N5O2. The van der Waals surface area contributed by atoms with Crippen molar-refractivity contribution in [2.45, 2.75) is 44.2 Å². The Kier molecular flexibility index (Phi) is 4.39. The van der Waals surface area contributed by atoms with E-state index in [0.29, 0.717) is 18.5 Å². The summed E-state index contributed by atoms with van der Waals surface area (Å²) in [5.74, 6) is -0.315.